The van der Waals surface area contributed by atoms with E-state index in [4.69, 9.17) is 0 Å². The molecule has 1 aromatic heterocycles. The highest BCUT2D eigenvalue weighted by molar-refractivity contribution is 7.84. The van der Waals surface area contributed by atoms with Crippen LogP contribution in [0, 0.1) is 0 Å². The van der Waals surface area contributed by atoms with Gasteiger partial charge in [-0.15, -0.1) is 0 Å². The Labute approximate surface area is 103 Å². The molecule has 0 radical (unpaired) electrons. The Morgan fingerprint density at radius 1 is 1.53 bits per heavy atom. The molecule has 5 nitrogen and oxygen atoms in total. The lowest BCUT2D eigenvalue weighted by atomic mass is 10.2. The highest BCUT2D eigenvalue weighted by Gasteiger charge is 2.09. The third-order valence-corrected chi connectivity index (χ3v) is 3.09. The number of nitrogens with one attached hydrogen (secondary N) is 2. The van der Waals surface area contributed by atoms with Gasteiger partial charge in [0.1, 0.15) is 0 Å². The number of pyridine rings is 1. The van der Waals surface area contributed by atoms with E-state index in [9.17, 15) is 9.00 Å². The summed E-state index contributed by atoms with van der Waals surface area (Å²) in [6.45, 7) is 0.532. The van der Waals surface area contributed by atoms with E-state index in [1.54, 1.807) is 31.8 Å². The van der Waals surface area contributed by atoms with Gasteiger partial charge in [0.15, 0.2) is 0 Å². The van der Waals surface area contributed by atoms with Crippen molar-refractivity contribution < 1.29 is 9.00 Å². The number of carbonyl (C=O) groups excluding carboxylic acids is 1. The number of aromatic nitrogens is 1. The van der Waals surface area contributed by atoms with E-state index in [1.807, 2.05) is 0 Å². The van der Waals surface area contributed by atoms with Crippen LogP contribution in [0.15, 0.2) is 18.5 Å². The molecule has 0 spiro atoms. The largest absolute Gasteiger partial charge is 0.386 e. The molecule has 94 valence electrons. The van der Waals surface area contributed by atoms with Crippen LogP contribution >= 0.6 is 0 Å². The molecule has 1 amide bonds. The highest BCUT2D eigenvalue weighted by atomic mass is 32.2. The second-order valence-electron chi connectivity index (χ2n) is 3.56. The fraction of sp³-hybridized carbons (Fsp3) is 0.455. The molecule has 2 N–H and O–H groups in total. The summed E-state index contributed by atoms with van der Waals surface area (Å²) in [6.07, 6.45) is 5.56. The highest BCUT2D eigenvalue weighted by Crippen LogP contribution is 2.11. The molecule has 1 rings (SSSR count). The first kappa shape index (κ1) is 13.6. The Morgan fingerprint density at radius 2 is 2.29 bits per heavy atom. The summed E-state index contributed by atoms with van der Waals surface area (Å²) in [5.74, 6) is 0.467. The quantitative estimate of drug-likeness (QED) is 0.731. The van der Waals surface area contributed by atoms with E-state index in [2.05, 4.69) is 15.6 Å². The van der Waals surface area contributed by atoms with Crippen LogP contribution in [0.5, 0.6) is 0 Å². The summed E-state index contributed by atoms with van der Waals surface area (Å²) in [5, 5.41) is 5.70. The molecule has 1 heterocycles. The summed E-state index contributed by atoms with van der Waals surface area (Å²) in [7, 11) is 0.940. The van der Waals surface area contributed by atoms with E-state index in [0.29, 0.717) is 23.5 Å². The predicted molar refractivity (Wildman–Crippen MR) is 69.7 cm³/mol. The van der Waals surface area contributed by atoms with Gasteiger partial charge in [-0.05, 0) is 12.5 Å². The Morgan fingerprint density at radius 3 is 2.94 bits per heavy atom. The number of hydrogen-bond acceptors (Lipinski definition) is 4. The van der Waals surface area contributed by atoms with Gasteiger partial charge < -0.3 is 10.6 Å². The first-order valence-electron chi connectivity index (χ1n) is 5.35. The maximum atomic E-state index is 11.8. The zero-order valence-corrected chi connectivity index (χ0v) is 10.8. The summed E-state index contributed by atoms with van der Waals surface area (Å²) in [6, 6.07) is 1.67. The molecule has 1 unspecified atom stereocenters. The Hall–Kier alpha value is -1.43. The lowest BCUT2D eigenvalue weighted by Crippen LogP contribution is -2.26. The third-order valence-electron chi connectivity index (χ3n) is 2.23. The SMILES string of the molecule is CNc1cnccc1C(=O)NCCCS(C)=O. The van der Waals surface area contributed by atoms with Gasteiger partial charge >= 0.3 is 0 Å². The lowest BCUT2D eigenvalue weighted by molar-refractivity contribution is 0.0954. The minimum Gasteiger partial charge on any atom is -0.386 e. The molecule has 1 aromatic rings. The van der Waals surface area contributed by atoms with Crippen molar-refractivity contribution in [1.82, 2.24) is 10.3 Å². The summed E-state index contributed by atoms with van der Waals surface area (Å²) < 4.78 is 10.8. The molecule has 17 heavy (non-hydrogen) atoms. The minimum absolute atomic E-state index is 0.140. The van der Waals surface area contributed by atoms with Crippen molar-refractivity contribution in [2.45, 2.75) is 6.42 Å². The lowest BCUT2D eigenvalue weighted by Gasteiger charge is -2.08. The van der Waals surface area contributed by atoms with Crippen molar-refractivity contribution in [3.8, 4) is 0 Å². The zero-order chi connectivity index (χ0) is 12.7. The van der Waals surface area contributed by atoms with Crippen molar-refractivity contribution in [1.29, 1.82) is 0 Å². The van der Waals surface area contributed by atoms with Crippen molar-refractivity contribution in [2.75, 3.05) is 30.9 Å². The fourth-order valence-electron chi connectivity index (χ4n) is 1.36. The molecule has 0 aliphatic carbocycles. The number of rotatable bonds is 6. The Bertz CT molecular complexity index is 409. The molecule has 0 aromatic carbocycles. The van der Waals surface area contributed by atoms with E-state index >= 15 is 0 Å². The first-order valence-corrected chi connectivity index (χ1v) is 7.08. The van der Waals surface area contributed by atoms with Crippen molar-refractivity contribution >= 4 is 22.4 Å². The number of anilines is 1. The van der Waals surface area contributed by atoms with Crippen LogP contribution < -0.4 is 10.6 Å². The average molecular weight is 255 g/mol. The summed E-state index contributed by atoms with van der Waals surface area (Å²) in [4.78, 5) is 15.7. The zero-order valence-electron chi connectivity index (χ0n) is 10.0. The van der Waals surface area contributed by atoms with Gasteiger partial charge in [0, 0.05) is 42.6 Å². The fourth-order valence-corrected chi connectivity index (χ4v) is 1.92. The van der Waals surface area contributed by atoms with Gasteiger partial charge in [-0.3, -0.25) is 14.0 Å². The number of amides is 1. The van der Waals surface area contributed by atoms with Gasteiger partial charge in [-0.1, -0.05) is 0 Å². The molecule has 0 bridgehead atoms. The van der Waals surface area contributed by atoms with Gasteiger partial charge in [0.05, 0.1) is 17.4 Å². The summed E-state index contributed by atoms with van der Waals surface area (Å²) in [5.41, 5.74) is 1.27. The minimum atomic E-state index is -0.804. The van der Waals surface area contributed by atoms with E-state index in [-0.39, 0.29) is 5.91 Å². The molecular formula is C11H17N3O2S. The molecule has 0 saturated carbocycles. The van der Waals surface area contributed by atoms with Crippen LogP contribution in [-0.2, 0) is 10.8 Å². The maximum Gasteiger partial charge on any atom is 0.253 e. The van der Waals surface area contributed by atoms with Crippen LogP contribution in [0.3, 0.4) is 0 Å². The first-order chi connectivity index (χ1) is 8.15. The number of nitrogens with zero attached hydrogens (tertiary/aromatic N) is 1. The van der Waals surface area contributed by atoms with Crippen LogP contribution in [0.1, 0.15) is 16.8 Å². The molecule has 0 aliphatic heterocycles. The third kappa shape index (κ3) is 4.52. The molecule has 0 saturated heterocycles. The van der Waals surface area contributed by atoms with Crippen molar-refractivity contribution in [2.24, 2.45) is 0 Å². The monoisotopic (exact) mass is 255 g/mol. The van der Waals surface area contributed by atoms with Gasteiger partial charge in [-0.25, -0.2) is 0 Å². The van der Waals surface area contributed by atoms with E-state index in [0.717, 1.165) is 6.42 Å². The molecular weight excluding hydrogens is 238 g/mol. The standard InChI is InChI=1S/C11H17N3O2S/c1-12-10-8-13-6-4-9(10)11(15)14-5-3-7-17(2)16/h4,6,8,12H,3,5,7H2,1-2H3,(H,14,15). The van der Waals surface area contributed by atoms with E-state index in [1.165, 1.54) is 0 Å². The average Bonchev–Trinajstić information content (AvgIpc) is 2.34. The van der Waals surface area contributed by atoms with Gasteiger partial charge in [0.25, 0.3) is 5.91 Å². The van der Waals surface area contributed by atoms with E-state index < -0.39 is 10.8 Å². The van der Waals surface area contributed by atoms with Crippen LogP contribution in [0.2, 0.25) is 0 Å². The van der Waals surface area contributed by atoms with Crippen LogP contribution in [-0.4, -0.2) is 40.7 Å². The number of hydrogen-bond donors (Lipinski definition) is 2. The summed E-state index contributed by atoms with van der Waals surface area (Å²) >= 11 is 0. The Kier molecular flexibility index (Phi) is 5.62. The van der Waals surface area contributed by atoms with Gasteiger partial charge in [0.2, 0.25) is 0 Å². The molecule has 0 fully saturated rings. The predicted octanol–water partition coefficient (Wildman–Crippen LogP) is 0.622. The Balaban J connectivity index is 2.49. The topological polar surface area (TPSA) is 71.1 Å². The maximum absolute atomic E-state index is 11.8. The molecule has 6 heteroatoms. The second-order valence-corrected chi connectivity index (χ2v) is 5.11. The van der Waals surface area contributed by atoms with Crippen LogP contribution in [0.25, 0.3) is 0 Å². The smallest absolute Gasteiger partial charge is 0.253 e. The van der Waals surface area contributed by atoms with Crippen molar-refractivity contribution in [3.05, 3.63) is 24.0 Å². The van der Waals surface area contributed by atoms with Gasteiger partial charge in [-0.2, -0.15) is 0 Å². The normalized spacial score (nSPS) is 11.9. The van der Waals surface area contributed by atoms with Crippen molar-refractivity contribution in [3.63, 3.8) is 0 Å². The number of carbonyl (C=O) groups is 1. The molecule has 1 atom stereocenters. The molecule has 0 aliphatic rings. The second kappa shape index (κ2) is 7.01. The van der Waals surface area contributed by atoms with Crippen LogP contribution in [0.4, 0.5) is 5.69 Å².